The molecule has 7 heteroatoms. The predicted octanol–water partition coefficient (Wildman–Crippen LogP) is 6.88. The number of carboxylic acid groups (broad SMARTS) is 3. The molecule has 39 heavy (non-hydrogen) atoms. The SMILES string of the molecule is CCCCCCCC/C=C/CCCCCCCCCC[N+](CCCC(=O)[O-])(CCCC(=O)O)CCCC(=O)O. The number of carbonyl (C=O) groups is 3. The van der Waals surface area contributed by atoms with Gasteiger partial charge in [-0.2, -0.15) is 0 Å². The van der Waals surface area contributed by atoms with Crippen molar-refractivity contribution < 1.29 is 34.2 Å². The van der Waals surface area contributed by atoms with Crippen LogP contribution in [0.5, 0.6) is 0 Å². The Balaban J connectivity index is 4.19. The van der Waals surface area contributed by atoms with E-state index in [0.717, 1.165) is 19.4 Å². The van der Waals surface area contributed by atoms with Crippen LogP contribution in [-0.2, 0) is 14.4 Å². The first-order valence-electron chi connectivity index (χ1n) is 15.9. The van der Waals surface area contributed by atoms with Crippen molar-refractivity contribution >= 4 is 17.9 Å². The van der Waals surface area contributed by atoms with Gasteiger partial charge in [0, 0.05) is 25.2 Å². The Morgan fingerprint density at radius 1 is 0.538 bits per heavy atom. The summed E-state index contributed by atoms with van der Waals surface area (Å²) in [6.45, 7) is 5.02. The average Bonchev–Trinajstić information content (AvgIpc) is 2.87. The van der Waals surface area contributed by atoms with Gasteiger partial charge in [0.05, 0.1) is 39.0 Å². The highest BCUT2D eigenvalue weighted by atomic mass is 16.4. The second kappa shape index (κ2) is 26.3. The lowest BCUT2D eigenvalue weighted by molar-refractivity contribution is -0.929. The summed E-state index contributed by atoms with van der Waals surface area (Å²) in [6, 6.07) is 0. The summed E-state index contributed by atoms with van der Waals surface area (Å²) in [5.74, 6) is -2.75. The molecule has 0 aliphatic heterocycles. The van der Waals surface area contributed by atoms with Crippen molar-refractivity contribution in [3.63, 3.8) is 0 Å². The number of aliphatic carboxylic acids is 3. The Labute approximate surface area is 238 Å². The maximum Gasteiger partial charge on any atom is 0.303 e. The van der Waals surface area contributed by atoms with E-state index in [2.05, 4.69) is 19.1 Å². The maximum absolute atomic E-state index is 11.1. The van der Waals surface area contributed by atoms with Crippen molar-refractivity contribution in [3.8, 4) is 0 Å². The van der Waals surface area contributed by atoms with Gasteiger partial charge in [-0.3, -0.25) is 9.59 Å². The Kier molecular flexibility index (Phi) is 25.1. The quantitative estimate of drug-likeness (QED) is 0.0569. The van der Waals surface area contributed by atoms with Gasteiger partial charge in [-0.1, -0.05) is 83.3 Å². The van der Waals surface area contributed by atoms with Crippen molar-refractivity contribution in [2.45, 2.75) is 148 Å². The fraction of sp³-hybridized carbons (Fsp3) is 0.844. The van der Waals surface area contributed by atoms with E-state index < -0.39 is 17.9 Å². The first kappa shape index (κ1) is 37.1. The zero-order valence-corrected chi connectivity index (χ0v) is 25.0. The Morgan fingerprint density at radius 2 is 0.897 bits per heavy atom. The van der Waals surface area contributed by atoms with Crippen LogP contribution >= 0.6 is 0 Å². The van der Waals surface area contributed by atoms with Gasteiger partial charge in [-0.15, -0.1) is 0 Å². The van der Waals surface area contributed by atoms with Crippen molar-refractivity contribution in [2.24, 2.45) is 0 Å². The van der Waals surface area contributed by atoms with E-state index in [1.165, 1.54) is 89.9 Å². The zero-order chi connectivity index (χ0) is 29.0. The van der Waals surface area contributed by atoms with E-state index in [9.17, 15) is 19.5 Å². The third-order valence-electron chi connectivity index (χ3n) is 7.70. The number of nitrogens with zero attached hydrogens (tertiary/aromatic N) is 1. The van der Waals surface area contributed by atoms with Gasteiger partial charge in [-0.25, -0.2) is 0 Å². The molecule has 2 N–H and O–H groups in total. The van der Waals surface area contributed by atoms with Gasteiger partial charge in [0.25, 0.3) is 0 Å². The van der Waals surface area contributed by atoms with Crippen LogP contribution in [0.4, 0.5) is 0 Å². The zero-order valence-electron chi connectivity index (χ0n) is 25.0. The van der Waals surface area contributed by atoms with Gasteiger partial charge in [0.1, 0.15) is 0 Å². The van der Waals surface area contributed by atoms with Crippen LogP contribution in [0.1, 0.15) is 148 Å². The molecule has 0 atom stereocenters. The topological polar surface area (TPSA) is 115 Å². The molecule has 0 saturated heterocycles. The minimum absolute atomic E-state index is 0.0211. The largest absolute Gasteiger partial charge is 0.550 e. The van der Waals surface area contributed by atoms with Crippen LogP contribution in [0.25, 0.3) is 0 Å². The van der Waals surface area contributed by atoms with Crippen molar-refractivity contribution in [1.82, 2.24) is 0 Å². The molecule has 0 saturated carbocycles. The summed E-state index contributed by atoms with van der Waals surface area (Å²) in [5.41, 5.74) is 0. The molecule has 0 aliphatic carbocycles. The molecule has 0 spiro atoms. The lowest BCUT2D eigenvalue weighted by atomic mass is 10.1. The minimum atomic E-state index is -1.08. The van der Waals surface area contributed by atoms with E-state index in [-0.39, 0.29) is 19.3 Å². The maximum atomic E-state index is 11.1. The van der Waals surface area contributed by atoms with Crippen LogP contribution < -0.4 is 5.11 Å². The normalized spacial score (nSPS) is 11.8. The third kappa shape index (κ3) is 26.1. The summed E-state index contributed by atoms with van der Waals surface area (Å²) in [7, 11) is 0. The van der Waals surface area contributed by atoms with Gasteiger partial charge in [0.15, 0.2) is 0 Å². The van der Waals surface area contributed by atoms with Crippen LogP contribution in [-0.4, -0.2) is 58.8 Å². The van der Waals surface area contributed by atoms with Gasteiger partial charge in [-0.05, 0) is 44.9 Å². The molecule has 0 unspecified atom stereocenters. The molecule has 0 radical (unpaired) electrons. The Morgan fingerprint density at radius 3 is 1.31 bits per heavy atom. The van der Waals surface area contributed by atoms with E-state index in [4.69, 9.17) is 10.2 Å². The number of rotatable bonds is 30. The third-order valence-corrected chi connectivity index (χ3v) is 7.70. The number of hydrogen-bond acceptors (Lipinski definition) is 4. The molecule has 0 amide bonds. The molecule has 0 bridgehead atoms. The van der Waals surface area contributed by atoms with Crippen molar-refractivity contribution in [3.05, 3.63) is 12.2 Å². The fourth-order valence-electron chi connectivity index (χ4n) is 5.41. The van der Waals surface area contributed by atoms with Crippen LogP contribution in [0.15, 0.2) is 12.2 Å². The summed E-state index contributed by atoms with van der Waals surface area (Å²) in [4.78, 5) is 33.1. The average molecular weight is 554 g/mol. The Hall–Kier alpha value is -1.89. The Bertz CT molecular complexity index is 598. The number of hydrogen-bond donors (Lipinski definition) is 2. The molecule has 0 aromatic carbocycles. The number of unbranched alkanes of at least 4 members (excludes halogenated alkanes) is 14. The lowest BCUT2D eigenvalue weighted by Gasteiger charge is -2.39. The van der Waals surface area contributed by atoms with Crippen LogP contribution in [0.2, 0.25) is 0 Å². The number of carbonyl (C=O) groups excluding carboxylic acids is 1. The summed E-state index contributed by atoms with van der Waals surface area (Å²) in [6.07, 6.45) is 26.5. The second-order valence-corrected chi connectivity index (χ2v) is 11.4. The lowest BCUT2D eigenvalue weighted by Crippen LogP contribution is -2.51. The number of quaternary nitrogens is 1. The van der Waals surface area contributed by atoms with E-state index >= 15 is 0 Å². The highest BCUT2D eigenvalue weighted by Crippen LogP contribution is 2.18. The van der Waals surface area contributed by atoms with E-state index in [1.54, 1.807) is 0 Å². The number of carboxylic acids is 3. The molecular formula is C32H59NO6. The molecule has 0 fully saturated rings. The highest BCUT2D eigenvalue weighted by molar-refractivity contribution is 5.66. The summed E-state index contributed by atoms with van der Waals surface area (Å²) < 4.78 is 0.611. The number of allylic oxidation sites excluding steroid dienone is 2. The fourth-order valence-corrected chi connectivity index (χ4v) is 5.41. The molecular weight excluding hydrogens is 494 g/mol. The van der Waals surface area contributed by atoms with Gasteiger partial charge >= 0.3 is 11.9 Å². The molecule has 0 rings (SSSR count). The first-order chi connectivity index (χ1) is 18.8. The molecule has 0 aromatic rings. The van der Waals surface area contributed by atoms with Gasteiger partial charge in [0.2, 0.25) is 0 Å². The van der Waals surface area contributed by atoms with Gasteiger partial charge < -0.3 is 24.6 Å². The molecule has 0 heterocycles. The molecule has 0 aromatic heterocycles. The van der Waals surface area contributed by atoms with Crippen LogP contribution in [0, 0.1) is 0 Å². The highest BCUT2D eigenvalue weighted by Gasteiger charge is 2.26. The molecule has 7 nitrogen and oxygen atoms in total. The van der Waals surface area contributed by atoms with E-state index in [1.807, 2.05) is 0 Å². The standard InChI is InChI=1S/C32H59NO6/c1-2-3-4-5-6-7-8-9-10-11-12-13-14-15-16-17-18-19-26-33(27-20-23-30(34)35,28-21-24-31(36)37)29-22-25-32(38)39/h9-10H,2-8,11-29H2,1H3,(H2-,34,35,36,37,38,39)/b10-9+. The summed E-state index contributed by atoms with van der Waals surface area (Å²) >= 11 is 0. The molecule has 228 valence electrons. The smallest absolute Gasteiger partial charge is 0.303 e. The van der Waals surface area contributed by atoms with E-state index in [0.29, 0.717) is 43.4 Å². The van der Waals surface area contributed by atoms with Crippen molar-refractivity contribution in [1.29, 1.82) is 0 Å². The first-order valence-corrected chi connectivity index (χ1v) is 15.9. The molecule has 0 aliphatic rings. The van der Waals surface area contributed by atoms with Crippen molar-refractivity contribution in [2.75, 3.05) is 26.2 Å². The second-order valence-electron chi connectivity index (χ2n) is 11.4. The summed E-state index contributed by atoms with van der Waals surface area (Å²) in [5, 5.41) is 29.1. The van der Waals surface area contributed by atoms with Crippen LogP contribution in [0.3, 0.4) is 0 Å². The minimum Gasteiger partial charge on any atom is -0.550 e. The monoisotopic (exact) mass is 553 g/mol. The predicted molar refractivity (Wildman–Crippen MR) is 156 cm³/mol.